The molecule has 0 aliphatic heterocycles. The van der Waals surface area contributed by atoms with E-state index in [-0.39, 0.29) is 0 Å². The Labute approximate surface area is 61.5 Å². The summed E-state index contributed by atoms with van der Waals surface area (Å²) in [5.41, 5.74) is 1.06. The second kappa shape index (κ2) is 3.32. The molecule has 0 bridgehead atoms. The van der Waals surface area contributed by atoms with Gasteiger partial charge in [0, 0.05) is 12.7 Å². The van der Waals surface area contributed by atoms with E-state index >= 15 is 0 Å². The molecule has 2 nitrogen and oxygen atoms in total. The molecule has 53 valence electrons. The van der Waals surface area contributed by atoms with Crippen LogP contribution in [-0.4, -0.2) is 24.0 Å². The van der Waals surface area contributed by atoms with Gasteiger partial charge < -0.3 is 4.90 Å². The molecule has 1 aromatic rings. The Morgan fingerprint density at radius 2 is 2.40 bits per heavy atom. The van der Waals surface area contributed by atoms with Crippen LogP contribution in [0.2, 0.25) is 0 Å². The van der Waals surface area contributed by atoms with Crippen LogP contribution in [0.4, 0.5) is 0 Å². The number of hydrogen-bond donors (Lipinski definition) is 0. The van der Waals surface area contributed by atoms with Crippen molar-refractivity contribution in [3.63, 3.8) is 0 Å². The largest absolute Gasteiger partial charge is 0.304 e. The van der Waals surface area contributed by atoms with Crippen LogP contribution in [0.1, 0.15) is 5.69 Å². The average Bonchev–Trinajstić information content (AvgIpc) is 1.88. The second-order valence-electron chi connectivity index (χ2n) is 2.48. The third kappa shape index (κ3) is 2.15. The fraction of sp³-hybridized carbons (Fsp3) is 0.375. The van der Waals surface area contributed by atoms with Crippen LogP contribution in [0.25, 0.3) is 0 Å². The van der Waals surface area contributed by atoms with Crippen LogP contribution in [0.15, 0.2) is 18.3 Å². The molecule has 0 fully saturated rings. The molecule has 0 aromatic carbocycles. The van der Waals surface area contributed by atoms with E-state index in [1.807, 2.05) is 20.2 Å². The van der Waals surface area contributed by atoms with E-state index in [0.29, 0.717) is 0 Å². The van der Waals surface area contributed by atoms with Gasteiger partial charge in [0.15, 0.2) is 0 Å². The van der Waals surface area contributed by atoms with E-state index in [0.717, 1.165) is 12.2 Å². The highest BCUT2D eigenvalue weighted by molar-refractivity contribution is 5.01. The molecule has 0 amide bonds. The van der Waals surface area contributed by atoms with E-state index < -0.39 is 0 Å². The van der Waals surface area contributed by atoms with E-state index in [9.17, 15) is 0 Å². The Hall–Kier alpha value is -0.890. The number of aromatic nitrogens is 1. The van der Waals surface area contributed by atoms with Crippen LogP contribution < -0.4 is 0 Å². The molecule has 1 radical (unpaired) electrons. The Morgan fingerprint density at radius 1 is 1.60 bits per heavy atom. The highest BCUT2D eigenvalue weighted by Crippen LogP contribution is 1.94. The summed E-state index contributed by atoms with van der Waals surface area (Å²) in [6.07, 6.45) is 1.76. The predicted octanol–water partition coefficient (Wildman–Crippen LogP) is 0.943. The lowest BCUT2D eigenvalue weighted by Crippen LogP contribution is -2.11. The molecule has 0 saturated carbocycles. The Kier molecular flexibility index (Phi) is 2.40. The Morgan fingerprint density at radius 3 is 2.90 bits per heavy atom. The minimum atomic E-state index is 0.886. The molecule has 0 N–H and O–H groups in total. The van der Waals surface area contributed by atoms with E-state index in [1.165, 1.54) is 0 Å². The van der Waals surface area contributed by atoms with Gasteiger partial charge in [0.05, 0.1) is 5.69 Å². The lowest BCUT2D eigenvalue weighted by atomic mass is 10.3. The lowest BCUT2D eigenvalue weighted by molar-refractivity contribution is 0.397. The van der Waals surface area contributed by atoms with E-state index in [2.05, 4.69) is 16.0 Å². The fourth-order valence-electron chi connectivity index (χ4n) is 0.768. The van der Waals surface area contributed by atoms with Crippen molar-refractivity contribution in [1.82, 2.24) is 9.88 Å². The summed E-state index contributed by atoms with van der Waals surface area (Å²) >= 11 is 0. The monoisotopic (exact) mass is 135 g/mol. The maximum absolute atomic E-state index is 4.15. The summed E-state index contributed by atoms with van der Waals surface area (Å²) in [5, 5.41) is 0. The molecule has 0 unspecified atom stereocenters. The van der Waals surface area contributed by atoms with Crippen molar-refractivity contribution in [3.05, 3.63) is 30.1 Å². The number of rotatable bonds is 2. The predicted molar refractivity (Wildman–Crippen MR) is 40.5 cm³/mol. The zero-order valence-corrected chi connectivity index (χ0v) is 6.33. The third-order valence-electron chi connectivity index (χ3n) is 1.14. The van der Waals surface area contributed by atoms with Crippen LogP contribution in [0, 0.1) is 6.07 Å². The summed E-state index contributed by atoms with van der Waals surface area (Å²) in [6, 6.07) is 6.68. The van der Waals surface area contributed by atoms with Gasteiger partial charge in [0.25, 0.3) is 0 Å². The number of hydrogen-bond acceptors (Lipinski definition) is 2. The van der Waals surface area contributed by atoms with Crippen LogP contribution in [0.5, 0.6) is 0 Å². The van der Waals surface area contributed by atoms with Gasteiger partial charge in [-0.05, 0) is 32.3 Å². The van der Waals surface area contributed by atoms with Gasteiger partial charge in [-0.2, -0.15) is 0 Å². The first kappa shape index (κ1) is 7.22. The maximum atomic E-state index is 4.15. The van der Waals surface area contributed by atoms with Crippen molar-refractivity contribution in [2.24, 2.45) is 0 Å². The van der Waals surface area contributed by atoms with E-state index in [1.54, 1.807) is 12.3 Å². The summed E-state index contributed by atoms with van der Waals surface area (Å²) < 4.78 is 0. The molecular formula is C8H11N2. The molecule has 2 heteroatoms. The average molecular weight is 135 g/mol. The molecule has 0 aliphatic rings. The van der Waals surface area contributed by atoms with Crippen molar-refractivity contribution >= 4 is 0 Å². The molecular weight excluding hydrogens is 124 g/mol. The standard InChI is InChI=1S/C8H11N2/c1-10(2)7-8-5-3-4-6-9-8/h4-6H,7H2,1-2H3. The van der Waals surface area contributed by atoms with Crippen molar-refractivity contribution in [1.29, 1.82) is 0 Å². The Bertz CT molecular complexity index is 182. The van der Waals surface area contributed by atoms with Crippen molar-refractivity contribution in [3.8, 4) is 0 Å². The van der Waals surface area contributed by atoms with E-state index in [4.69, 9.17) is 0 Å². The highest BCUT2D eigenvalue weighted by Gasteiger charge is 1.92. The normalized spacial score (nSPS) is 10.3. The van der Waals surface area contributed by atoms with Crippen molar-refractivity contribution in [2.45, 2.75) is 6.54 Å². The molecule has 10 heavy (non-hydrogen) atoms. The summed E-state index contributed by atoms with van der Waals surface area (Å²) in [4.78, 5) is 6.23. The Balaban J connectivity index is 2.59. The van der Waals surface area contributed by atoms with Gasteiger partial charge in [-0.1, -0.05) is 0 Å². The first-order valence-corrected chi connectivity index (χ1v) is 3.25. The number of pyridine rings is 1. The first-order chi connectivity index (χ1) is 4.79. The van der Waals surface area contributed by atoms with Gasteiger partial charge in [0.1, 0.15) is 0 Å². The first-order valence-electron chi connectivity index (χ1n) is 3.25. The molecule has 1 rings (SSSR count). The van der Waals surface area contributed by atoms with Gasteiger partial charge >= 0.3 is 0 Å². The third-order valence-corrected chi connectivity index (χ3v) is 1.14. The zero-order chi connectivity index (χ0) is 7.40. The number of nitrogens with zero attached hydrogens (tertiary/aromatic N) is 2. The van der Waals surface area contributed by atoms with Crippen LogP contribution in [-0.2, 0) is 6.54 Å². The molecule has 1 aromatic heterocycles. The lowest BCUT2D eigenvalue weighted by Gasteiger charge is -2.06. The molecule has 0 atom stereocenters. The maximum Gasteiger partial charge on any atom is 0.0549 e. The van der Waals surface area contributed by atoms with Crippen LogP contribution in [0.3, 0.4) is 0 Å². The zero-order valence-electron chi connectivity index (χ0n) is 6.33. The fourth-order valence-corrected chi connectivity index (χ4v) is 0.768. The van der Waals surface area contributed by atoms with Crippen molar-refractivity contribution in [2.75, 3.05) is 14.1 Å². The van der Waals surface area contributed by atoms with Crippen molar-refractivity contribution < 1.29 is 0 Å². The summed E-state index contributed by atoms with van der Waals surface area (Å²) in [7, 11) is 4.04. The minimum absolute atomic E-state index is 0.886. The van der Waals surface area contributed by atoms with Gasteiger partial charge in [-0.15, -0.1) is 0 Å². The molecule has 0 spiro atoms. The molecule has 1 heterocycles. The molecule has 0 aliphatic carbocycles. The summed E-state index contributed by atoms with van der Waals surface area (Å²) in [6.45, 7) is 0.886. The van der Waals surface area contributed by atoms with Gasteiger partial charge in [0.2, 0.25) is 0 Å². The highest BCUT2D eigenvalue weighted by atomic mass is 15.1. The smallest absolute Gasteiger partial charge is 0.0549 e. The second-order valence-corrected chi connectivity index (χ2v) is 2.48. The molecule has 0 saturated heterocycles. The SMILES string of the molecule is CN(C)Cc1c[c]ccn1. The summed E-state index contributed by atoms with van der Waals surface area (Å²) in [5.74, 6) is 0. The van der Waals surface area contributed by atoms with Crippen LogP contribution >= 0.6 is 0 Å². The topological polar surface area (TPSA) is 16.1 Å². The minimum Gasteiger partial charge on any atom is -0.304 e. The van der Waals surface area contributed by atoms with Gasteiger partial charge in [-0.25, -0.2) is 0 Å². The van der Waals surface area contributed by atoms with Gasteiger partial charge in [-0.3, -0.25) is 4.98 Å². The quantitative estimate of drug-likeness (QED) is 0.600.